The molecule has 0 radical (unpaired) electrons. The number of aromatic nitrogens is 2. The summed E-state index contributed by atoms with van der Waals surface area (Å²) in [6.45, 7) is 0. The molecule has 0 saturated heterocycles. The Morgan fingerprint density at radius 3 is 2.54 bits per heavy atom. The summed E-state index contributed by atoms with van der Waals surface area (Å²) >= 11 is 6.39. The third-order valence-electron chi connectivity index (χ3n) is 4.13. The van der Waals surface area contributed by atoms with E-state index in [0.29, 0.717) is 0 Å². The van der Waals surface area contributed by atoms with Crippen molar-refractivity contribution in [3.05, 3.63) is 72.1 Å². The molecule has 4 rings (SSSR count). The Balaban J connectivity index is 1.82. The van der Waals surface area contributed by atoms with Crippen molar-refractivity contribution in [1.82, 2.24) is 9.97 Å². The monoisotopic (exact) mass is 334 g/mol. The van der Waals surface area contributed by atoms with Crippen molar-refractivity contribution in [2.24, 2.45) is 0 Å². The molecule has 0 fully saturated rings. The van der Waals surface area contributed by atoms with Gasteiger partial charge in [0.25, 0.3) is 0 Å². The highest BCUT2D eigenvalue weighted by Crippen LogP contribution is 2.35. The molecule has 2 heterocycles. The number of pyridine rings is 1. The van der Waals surface area contributed by atoms with Crippen LogP contribution in [-0.2, 0) is 0 Å². The third kappa shape index (κ3) is 2.53. The van der Waals surface area contributed by atoms with Crippen LogP contribution in [0.1, 0.15) is 0 Å². The van der Waals surface area contributed by atoms with E-state index in [1.165, 1.54) is 0 Å². The molecule has 3 nitrogen and oxygen atoms in total. The van der Waals surface area contributed by atoms with Crippen LogP contribution in [0.5, 0.6) is 5.75 Å². The molecule has 0 saturated carbocycles. The van der Waals surface area contributed by atoms with Gasteiger partial charge in [0, 0.05) is 46.2 Å². The molecular formula is C20H15ClN2O. The summed E-state index contributed by atoms with van der Waals surface area (Å²) in [5, 5.41) is 1.76. The minimum atomic E-state index is 0.735. The van der Waals surface area contributed by atoms with E-state index in [0.717, 1.165) is 43.9 Å². The molecule has 2 aromatic carbocycles. The van der Waals surface area contributed by atoms with Crippen LogP contribution in [-0.4, -0.2) is 17.1 Å². The zero-order chi connectivity index (χ0) is 16.5. The fourth-order valence-corrected chi connectivity index (χ4v) is 3.17. The average molecular weight is 335 g/mol. The van der Waals surface area contributed by atoms with Crippen LogP contribution in [0.3, 0.4) is 0 Å². The highest BCUT2D eigenvalue weighted by Gasteiger charge is 2.10. The maximum Gasteiger partial charge on any atom is 0.118 e. The average Bonchev–Trinajstić information content (AvgIpc) is 3.07. The van der Waals surface area contributed by atoms with Crippen LogP contribution in [0.4, 0.5) is 0 Å². The summed E-state index contributed by atoms with van der Waals surface area (Å²) in [4.78, 5) is 7.68. The molecule has 4 aromatic rings. The Hall–Kier alpha value is -2.78. The molecule has 24 heavy (non-hydrogen) atoms. The van der Waals surface area contributed by atoms with Crippen LogP contribution in [0.15, 0.2) is 67.1 Å². The first kappa shape index (κ1) is 14.8. The lowest BCUT2D eigenvalue weighted by atomic mass is 10.0. The van der Waals surface area contributed by atoms with E-state index in [9.17, 15) is 0 Å². The van der Waals surface area contributed by atoms with Crippen molar-refractivity contribution in [2.45, 2.75) is 0 Å². The van der Waals surface area contributed by atoms with E-state index in [1.807, 2.05) is 61.1 Å². The van der Waals surface area contributed by atoms with Gasteiger partial charge in [-0.1, -0.05) is 29.8 Å². The molecule has 0 aliphatic rings. The summed E-state index contributed by atoms with van der Waals surface area (Å²) < 4.78 is 5.21. The van der Waals surface area contributed by atoms with Gasteiger partial charge in [0.2, 0.25) is 0 Å². The second-order valence-corrected chi connectivity index (χ2v) is 5.96. The summed E-state index contributed by atoms with van der Waals surface area (Å²) in [6, 6.07) is 15.9. The molecule has 0 unspecified atom stereocenters. The first-order valence-electron chi connectivity index (χ1n) is 7.62. The van der Waals surface area contributed by atoms with E-state index in [2.05, 4.69) is 16.0 Å². The number of ether oxygens (including phenoxy) is 1. The van der Waals surface area contributed by atoms with Crippen molar-refractivity contribution in [3.8, 4) is 28.0 Å². The Labute approximate surface area is 144 Å². The molecule has 118 valence electrons. The zero-order valence-electron chi connectivity index (χ0n) is 13.1. The molecule has 0 spiro atoms. The van der Waals surface area contributed by atoms with E-state index < -0.39 is 0 Å². The number of rotatable bonds is 3. The van der Waals surface area contributed by atoms with Gasteiger partial charge in [0.15, 0.2) is 0 Å². The Morgan fingerprint density at radius 1 is 0.958 bits per heavy atom. The highest BCUT2D eigenvalue weighted by molar-refractivity contribution is 6.36. The van der Waals surface area contributed by atoms with Crippen LogP contribution >= 0.6 is 11.6 Å². The number of hydrogen-bond donors (Lipinski definition) is 1. The number of nitrogens with one attached hydrogen (secondary N) is 1. The van der Waals surface area contributed by atoms with Crippen molar-refractivity contribution in [2.75, 3.05) is 7.11 Å². The van der Waals surface area contributed by atoms with Crippen LogP contribution in [0.2, 0.25) is 5.02 Å². The smallest absolute Gasteiger partial charge is 0.118 e. The number of nitrogens with zero attached hydrogens (tertiary/aromatic N) is 1. The minimum absolute atomic E-state index is 0.735. The van der Waals surface area contributed by atoms with Gasteiger partial charge in [-0.2, -0.15) is 0 Å². The van der Waals surface area contributed by atoms with Gasteiger partial charge < -0.3 is 9.72 Å². The Morgan fingerprint density at radius 2 is 1.75 bits per heavy atom. The maximum absolute atomic E-state index is 6.39. The van der Waals surface area contributed by atoms with Crippen molar-refractivity contribution in [3.63, 3.8) is 0 Å². The van der Waals surface area contributed by atoms with Gasteiger partial charge >= 0.3 is 0 Å². The third-order valence-corrected chi connectivity index (χ3v) is 4.44. The number of hydrogen-bond acceptors (Lipinski definition) is 2. The predicted molar refractivity (Wildman–Crippen MR) is 98.5 cm³/mol. The fourth-order valence-electron chi connectivity index (χ4n) is 2.90. The lowest BCUT2D eigenvalue weighted by molar-refractivity contribution is 0.415. The fraction of sp³-hybridized carbons (Fsp3) is 0.0500. The lowest BCUT2D eigenvalue weighted by Crippen LogP contribution is -1.85. The maximum atomic E-state index is 6.39. The first-order valence-corrected chi connectivity index (χ1v) is 7.99. The molecule has 2 aromatic heterocycles. The van der Waals surface area contributed by atoms with Crippen LogP contribution in [0, 0.1) is 0 Å². The SMILES string of the molecule is COc1ccc(-c2cncc(-c3c[nH]c4cccc(Cl)c34)c2)cc1. The second kappa shape index (κ2) is 6.02. The van der Waals surface area contributed by atoms with Crippen LogP contribution in [0.25, 0.3) is 33.2 Å². The summed E-state index contributed by atoms with van der Waals surface area (Å²) in [7, 11) is 1.66. The van der Waals surface area contributed by atoms with Gasteiger partial charge in [0.05, 0.1) is 12.1 Å². The van der Waals surface area contributed by atoms with E-state index in [-0.39, 0.29) is 0 Å². The zero-order valence-corrected chi connectivity index (χ0v) is 13.8. The number of benzene rings is 2. The summed E-state index contributed by atoms with van der Waals surface area (Å²) in [5.74, 6) is 0.839. The first-order chi connectivity index (χ1) is 11.8. The molecule has 4 heteroatoms. The quantitative estimate of drug-likeness (QED) is 0.532. The molecule has 0 atom stereocenters. The van der Waals surface area contributed by atoms with Crippen LogP contribution < -0.4 is 4.74 Å². The number of methoxy groups -OCH3 is 1. The lowest BCUT2D eigenvalue weighted by Gasteiger charge is -2.06. The molecule has 0 bridgehead atoms. The molecule has 0 aliphatic heterocycles. The van der Waals surface area contributed by atoms with Gasteiger partial charge in [-0.05, 0) is 35.9 Å². The van der Waals surface area contributed by atoms with Crippen molar-refractivity contribution in [1.29, 1.82) is 0 Å². The van der Waals surface area contributed by atoms with E-state index in [4.69, 9.17) is 16.3 Å². The number of H-pyrrole nitrogens is 1. The number of halogens is 1. The standard InChI is InChI=1S/C20H15ClN2O/c1-24-16-7-5-13(6-8-16)14-9-15(11-22-10-14)17-12-23-19-4-2-3-18(21)20(17)19/h2-12,23H,1H3. The van der Waals surface area contributed by atoms with Gasteiger partial charge in [-0.25, -0.2) is 0 Å². The predicted octanol–water partition coefficient (Wildman–Crippen LogP) is 5.56. The number of fused-ring (bicyclic) bond motifs is 1. The largest absolute Gasteiger partial charge is 0.497 e. The highest BCUT2D eigenvalue weighted by atomic mass is 35.5. The number of aromatic amines is 1. The van der Waals surface area contributed by atoms with Crippen molar-refractivity contribution < 1.29 is 4.74 Å². The Bertz CT molecular complexity index is 1010. The normalized spacial score (nSPS) is 10.9. The Kier molecular flexibility index (Phi) is 3.71. The van der Waals surface area contributed by atoms with Crippen molar-refractivity contribution >= 4 is 22.5 Å². The molecule has 1 N–H and O–H groups in total. The summed E-state index contributed by atoms with van der Waals surface area (Å²) in [6.07, 6.45) is 5.70. The van der Waals surface area contributed by atoms with E-state index in [1.54, 1.807) is 7.11 Å². The van der Waals surface area contributed by atoms with Gasteiger partial charge in [-0.3, -0.25) is 4.98 Å². The molecule has 0 amide bonds. The topological polar surface area (TPSA) is 37.9 Å². The molecular weight excluding hydrogens is 320 g/mol. The minimum Gasteiger partial charge on any atom is -0.497 e. The second-order valence-electron chi connectivity index (χ2n) is 5.56. The van der Waals surface area contributed by atoms with E-state index >= 15 is 0 Å². The van der Waals surface area contributed by atoms with Gasteiger partial charge in [0.1, 0.15) is 5.75 Å². The van der Waals surface area contributed by atoms with Gasteiger partial charge in [-0.15, -0.1) is 0 Å². The molecule has 0 aliphatic carbocycles. The summed E-state index contributed by atoms with van der Waals surface area (Å²) in [5.41, 5.74) is 5.25.